The van der Waals surface area contributed by atoms with E-state index in [1.165, 1.54) is 36.1 Å². The smallest absolute Gasteiger partial charge is 0.119 e. The molecular formula is C19H24N2O. The summed E-state index contributed by atoms with van der Waals surface area (Å²) in [5, 5.41) is 1.37. The van der Waals surface area contributed by atoms with Crippen molar-refractivity contribution >= 4 is 10.9 Å². The Balaban J connectivity index is 1.70. The van der Waals surface area contributed by atoms with Gasteiger partial charge in [-0.1, -0.05) is 13.8 Å². The van der Waals surface area contributed by atoms with Gasteiger partial charge in [-0.15, -0.1) is 0 Å². The van der Waals surface area contributed by atoms with Gasteiger partial charge in [0.15, 0.2) is 0 Å². The second-order valence-electron chi connectivity index (χ2n) is 7.98. The van der Waals surface area contributed by atoms with Gasteiger partial charge in [-0.3, -0.25) is 4.90 Å². The van der Waals surface area contributed by atoms with Crippen LogP contribution in [0.5, 0.6) is 5.75 Å². The van der Waals surface area contributed by atoms with Crippen LogP contribution in [0.25, 0.3) is 10.9 Å². The molecule has 1 N–H and O–H groups in total. The Morgan fingerprint density at radius 1 is 1.32 bits per heavy atom. The van der Waals surface area contributed by atoms with Crippen LogP contribution in [0.15, 0.2) is 18.2 Å². The first-order valence-electron chi connectivity index (χ1n) is 8.52. The monoisotopic (exact) mass is 296 g/mol. The maximum Gasteiger partial charge on any atom is 0.119 e. The number of H-pyrrole nitrogens is 1. The van der Waals surface area contributed by atoms with Gasteiger partial charge in [0.05, 0.1) is 7.11 Å². The van der Waals surface area contributed by atoms with Crippen LogP contribution in [0.4, 0.5) is 0 Å². The van der Waals surface area contributed by atoms with E-state index in [0.717, 1.165) is 18.1 Å². The lowest BCUT2D eigenvalue weighted by molar-refractivity contribution is 0.175. The van der Waals surface area contributed by atoms with Gasteiger partial charge < -0.3 is 9.72 Å². The lowest BCUT2D eigenvalue weighted by Crippen LogP contribution is -2.39. The lowest BCUT2D eigenvalue weighted by Gasteiger charge is -2.33. The van der Waals surface area contributed by atoms with Crippen LogP contribution in [-0.2, 0) is 6.42 Å². The summed E-state index contributed by atoms with van der Waals surface area (Å²) >= 11 is 0. The van der Waals surface area contributed by atoms with Crippen LogP contribution < -0.4 is 4.74 Å². The number of methoxy groups -OCH3 is 1. The number of rotatable bonds is 1. The minimum absolute atomic E-state index is 0.460. The van der Waals surface area contributed by atoms with Gasteiger partial charge in [-0.25, -0.2) is 0 Å². The van der Waals surface area contributed by atoms with E-state index in [4.69, 9.17) is 4.74 Å². The summed E-state index contributed by atoms with van der Waals surface area (Å²) in [5.74, 6) is 2.51. The number of nitrogens with zero attached hydrogens (tertiary/aromatic N) is 1. The molecule has 2 bridgehead atoms. The second-order valence-corrected chi connectivity index (χ2v) is 7.98. The molecule has 2 fully saturated rings. The van der Waals surface area contributed by atoms with E-state index in [-0.39, 0.29) is 0 Å². The Kier molecular flexibility index (Phi) is 2.41. The number of hydrogen-bond acceptors (Lipinski definition) is 2. The molecule has 3 heterocycles. The number of ether oxygens (including phenoxy) is 1. The van der Waals surface area contributed by atoms with E-state index in [2.05, 4.69) is 41.9 Å². The predicted octanol–water partition coefficient (Wildman–Crippen LogP) is 3.55. The Labute approximate surface area is 131 Å². The van der Waals surface area contributed by atoms with Crippen molar-refractivity contribution in [3.05, 3.63) is 29.5 Å². The molecule has 22 heavy (non-hydrogen) atoms. The lowest BCUT2D eigenvalue weighted by atomic mass is 9.82. The minimum Gasteiger partial charge on any atom is -0.497 e. The van der Waals surface area contributed by atoms with Crippen LogP contribution in [0.1, 0.15) is 37.4 Å². The zero-order chi connectivity index (χ0) is 15.1. The third kappa shape index (κ3) is 1.45. The summed E-state index contributed by atoms with van der Waals surface area (Å²) in [7, 11) is 1.75. The Bertz CT molecular complexity index is 760. The molecule has 0 radical (unpaired) electrons. The Hall–Kier alpha value is -1.48. The second kappa shape index (κ2) is 4.08. The molecule has 1 saturated carbocycles. The van der Waals surface area contributed by atoms with E-state index in [9.17, 15) is 0 Å². The van der Waals surface area contributed by atoms with Crippen molar-refractivity contribution in [2.75, 3.05) is 20.2 Å². The molecule has 3 nitrogen and oxygen atoms in total. The highest BCUT2D eigenvalue weighted by Crippen LogP contribution is 2.59. The molecule has 116 valence electrons. The summed E-state index contributed by atoms with van der Waals surface area (Å²) in [4.78, 5) is 6.54. The first-order valence-corrected chi connectivity index (χ1v) is 8.52. The highest BCUT2D eigenvalue weighted by Gasteiger charge is 2.58. The number of benzene rings is 1. The molecule has 3 unspecified atom stereocenters. The molecule has 1 saturated heterocycles. The molecule has 2 aromatic rings. The number of hydrogen-bond donors (Lipinski definition) is 1. The fraction of sp³-hybridized carbons (Fsp3) is 0.579. The molecule has 1 aromatic heterocycles. The third-order valence-corrected chi connectivity index (χ3v) is 6.75. The van der Waals surface area contributed by atoms with E-state index in [1.807, 2.05) is 0 Å². The van der Waals surface area contributed by atoms with Crippen LogP contribution in [0, 0.1) is 11.3 Å². The number of piperidine rings is 1. The zero-order valence-electron chi connectivity index (χ0n) is 13.6. The minimum atomic E-state index is 0.460. The summed E-state index contributed by atoms with van der Waals surface area (Å²) in [6.07, 6.45) is 2.52. The average molecular weight is 296 g/mol. The standard InChI is InChI=1S/C19H24N2O/c1-19(2)11-8-15-17-13(6-7-21(10-11)18(15)19)14-9-12(22-3)4-5-16(14)20-17/h4-5,9,11,15,18,20H,6-8,10H2,1-3H3. The van der Waals surface area contributed by atoms with Gasteiger partial charge >= 0.3 is 0 Å². The topological polar surface area (TPSA) is 28.3 Å². The van der Waals surface area contributed by atoms with Crippen molar-refractivity contribution in [1.82, 2.24) is 9.88 Å². The van der Waals surface area contributed by atoms with Crippen molar-refractivity contribution in [1.29, 1.82) is 0 Å². The number of nitrogens with one attached hydrogen (secondary N) is 1. The molecule has 1 aliphatic carbocycles. The third-order valence-electron chi connectivity index (χ3n) is 6.75. The summed E-state index contributed by atoms with van der Waals surface area (Å²) in [5.41, 5.74) is 4.80. The Morgan fingerprint density at radius 2 is 2.18 bits per heavy atom. The Morgan fingerprint density at radius 3 is 2.95 bits per heavy atom. The molecule has 2 aliphatic heterocycles. The maximum atomic E-state index is 5.44. The molecule has 0 amide bonds. The van der Waals surface area contributed by atoms with E-state index < -0.39 is 0 Å². The van der Waals surface area contributed by atoms with Crippen LogP contribution in [0.2, 0.25) is 0 Å². The van der Waals surface area contributed by atoms with Crippen molar-refractivity contribution in [2.24, 2.45) is 11.3 Å². The number of aromatic nitrogens is 1. The fourth-order valence-electron chi connectivity index (χ4n) is 5.65. The molecule has 1 aromatic carbocycles. The number of fused-ring (bicyclic) bond motifs is 5. The molecule has 3 atom stereocenters. The first kappa shape index (κ1) is 13.0. The van der Waals surface area contributed by atoms with Crippen molar-refractivity contribution in [3.63, 3.8) is 0 Å². The van der Waals surface area contributed by atoms with Gasteiger partial charge in [0, 0.05) is 41.6 Å². The van der Waals surface area contributed by atoms with E-state index in [1.54, 1.807) is 12.7 Å². The average Bonchev–Trinajstić information content (AvgIpc) is 3.06. The summed E-state index contributed by atoms with van der Waals surface area (Å²) in [6, 6.07) is 7.17. The van der Waals surface area contributed by atoms with E-state index >= 15 is 0 Å². The molecule has 3 heteroatoms. The normalized spacial score (nSPS) is 32.2. The van der Waals surface area contributed by atoms with Crippen LogP contribution in [-0.4, -0.2) is 36.1 Å². The van der Waals surface area contributed by atoms with Gasteiger partial charge in [0.1, 0.15) is 5.75 Å². The number of aromatic amines is 1. The quantitative estimate of drug-likeness (QED) is 0.871. The van der Waals surface area contributed by atoms with Gasteiger partial charge in [0.2, 0.25) is 0 Å². The largest absolute Gasteiger partial charge is 0.497 e. The van der Waals surface area contributed by atoms with Gasteiger partial charge in [-0.05, 0) is 47.9 Å². The fourth-order valence-corrected chi connectivity index (χ4v) is 5.65. The zero-order valence-corrected chi connectivity index (χ0v) is 13.6. The molecule has 3 aliphatic rings. The van der Waals surface area contributed by atoms with E-state index in [0.29, 0.717) is 17.4 Å². The van der Waals surface area contributed by atoms with Crippen LogP contribution >= 0.6 is 0 Å². The highest BCUT2D eigenvalue weighted by atomic mass is 16.5. The SMILES string of the molecule is COc1ccc2[nH]c3c(c2c1)CCN1CC2CC3C1C2(C)C. The van der Waals surface area contributed by atoms with Crippen molar-refractivity contribution < 1.29 is 4.74 Å². The van der Waals surface area contributed by atoms with Crippen molar-refractivity contribution in [2.45, 2.75) is 38.6 Å². The summed E-state index contributed by atoms with van der Waals surface area (Å²) < 4.78 is 5.44. The highest BCUT2D eigenvalue weighted by molar-refractivity contribution is 5.86. The predicted molar refractivity (Wildman–Crippen MR) is 88.5 cm³/mol. The molecule has 5 rings (SSSR count). The first-order chi connectivity index (χ1) is 10.6. The van der Waals surface area contributed by atoms with Gasteiger partial charge in [-0.2, -0.15) is 0 Å². The molecular weight excluding hydrogens is 272 g/mol. The van der Waals surface area contributed by atoms with Crippen molar-refractivity contribution in [3.8, 4) is 5.75 Å². The molecule has 0 spiro atoms. The maximum absolute atomic E-state index is 5.44. The van der Waals surface area contributed by atoms with Gasteiger partial charge in [0.25, 0.3) is 0 Å². The summed E-state index contributed by atoms with van der Waals surface area (Å²) in [6.45, 7) is 7.48. The van der Waals surface area contributed by atoms with Crippen LogP contribution in [0.3, 0.4) is 0 Å².